The Labute approximate surface area is 88.6 Å². The van der Waals surface area contributed by atoms with Crippen molar-refractivity contribution in [2.75, 3.05) is 0 Å². The molecule has 1 N–H and O–H groups in total. The molecule has 1 radical (unpaired) electrons. The molecule has 0 aromatic rings. The van der Waals surface area contributed by atoms with E-state index < -0.39 is 5.97 Å². The molecule has 0 atom stereocenters. The summed E-state index contributed by atoms with van der Waals surface area (Å²) in [5.41, 5.74) is 0. The second kappa shape index (κ2) is 9.69. The number of hydrogen-bond acceptors (Lipinski definition) is 1. The van der Waals surface area contributed by atoms with Crippen molar-refractivity contribution in [2.45, 2.75) is 6.92 Å². The largest absolute Gasteiger partial charge is 0.478 e. The van der Waals surface area contributed by atoms with Gasteiger partial charge in [0.2, 0.25) is 0 Å². The predicted octanol–water partition coefficient (Wildman–Crippen LogP) is 1.38. The molecule has 0 saturated carbocycles. The number of carbonyl (C=O) groups is 1. The molecule has 2 nitrogen and oxygen atoms in total. The number of hydrogen-bond donors (Lipinski definition) is 1. The molecule has 55 valence electrons. The topological polar surface area (TPSA) is 37.3 Å². The molecule has 0 spiro atoms. The van der Waals surface area contributed by atoms with Crippen LogP contribution in [0.5, 0.6) is 0 Å². The van der Waals surface area contributed by atoms with E-state index in [9.17, 15) is 4.79 Å². The summed E-state index contributed by atoms with van der Waals surface area (Å²) < 4.78 is 0. The molecule has 0 rings (SSSR count). The molecule has 0 aliphatic heterocycles. The standard InChI is InChI=1S/C8H10O2.Na/c1-2-3-4-5-6-7-8(9)10;/h2-7H,1H3,(H,9,10);. The number of carboxylic acids is 1. The van der Waals surface area contributed by atoms with E-state index in [1.807, 2.05) is 19.1 Å². The van der Waals surface area contributed by atoms with E-state index in [0.29, 0.717) is 0 Å². The van der Waals surface area contributed by atoms with Crippen LogP contribution in [0.1, 0.15) is 6.92 Å². The first-order chi connectivity index (χ1) is 4.77. The monoisotopic (exact) mass is 161 g/mol. The zero-order chi connectivity index (χ0) is 7.82. The van der Waals surface area contributed by atoms with Gasteiger partial charge in [-0.05, 0) is 6.92 Å². The fraction of sp³-hybridized carbons (Fsp3) is 0.125. The van der Waals surface area contributed by atoms with Crippen LogP contribution in [0.4, 0.5) is 0 Å². The summed E-state index contributed by atoms with van der Waals surface area (Å²) in [6.07, 6.45) is 9.67. The molecule has 3 heteroatoms. The van der Waals surface area contributed by atoms with Crippen molar-refractivity contribution in [1.82, 2.24) is 0 Å². The van der Waals surface area contributed by atoms with Crippen molar-refractivity contribution in [3.63, 3.8) is 0 Å². The molecule has 0 unspecified atom stereocenters. The minimum atomic E-state index is -0.926. The maximum absolute atomic E-state index is 9.89. The van der Waals surface area contributed by atoms with Gasteiger partial charge < -0.3 is 5.11 Å². The summed E-state index contributed by atoms with van der Waals surface area (Å²) in [7, 11) is 0. The Morgan fingerprint density at radius 3 is 2.18 bits per heavy atom. The third-order valence-electron chi connectivity index (χ3n) is 0.765. The van der Waals surface area contributed by atoms with Crippen LogP contribution in [0, 0.1) is 0 Å². The zero-order valence-corrected chi connectivity index (χ0v) is 8.82. The van der Waals surface area contributed by atoms with Gasteiger partial charge in [-0.2, -0.15) is 0 Å². The van der Waals surface area contributed by atoms with E-state index in [1.165, 1.54) is 6.08 Å². The SMILES string of the molecule is CC=CC=CC=CC(=O)O.[Na]. The maximum Gasteiger partial charge on any atom is 0.328 e. The molecule has 0 heterocycles. The van der Waals surface area contributed by atoms with Crippen LogP contribution >= 0.6 is 0 Å². The van der Waals surface area contributed by atoms with Gasteiger partial charge >= 0.3 is 5.97 Å². The molecular formula is C8H10NaO2. The Bertz CT molecular complexity index is 181. The Hall–Kier alpha value is -0.310. The number of allylic oxidation sites excluding steroid dienone is 5. The van der Waals surface area contributed by atoms with E-state index in [-0.39, 0.29) is 29.6 Å². The van der Waals surface area contributed by atoms with E-state index in [0.717, 1.165) is 6.08 Å². The van der Waals surface area contributed by atoms with Crippen LogP contribution < -0.4 is 0 Å². The van der Waals surface area contributed by atoms with Crippen LogP contribution in [0.3, 0.4) is 0 Å². The summed E-state index contributed by atoms with van der Waals surface area (Å²) in [5.74, 6) is -0.926. The fourth-order valence-electron chi connectivity index (χ4n) is 0.377. The van der Waals surface area contributed by atoms with Crippen molar-refractivity contribution in [2.24, 2.45) is 0 Å². The molecule has 0 amide bonds. The third-order valence-corrected chi connectivity index (χ3v) is 0.765. The van der Waals surface area contributed by atoms with Gasteiger partial charge in [0.25, 0.3) is 0 Å². The van der Waals surface area contributed by atoms with Gasteiger partial charge in [0, 0.05) is 35.6 Å². The minimum absolute atomic E-state index is 0. The Morgan fingerprint density at radius 2 is 1.73 bits per heavy atom. The Balaban J connectivity index is 0. The van der Waals surface area contributed by atoms with Gasteiger partial charge in [0.1, 0.15) is 0 Å². The number of aliphatic carboxylic acids is 1. The quantitative estimate of drug-likeness (QED) is 0.385. The molecule has 0 aromatic carbocycles. The Morgan fingerprint density at radius 1 is 1.18 bits per heavy atom. The van der Waals surface area contributed by atoms with Gasteiger partial charge in [-0.25, -0.2) is 4.79 Å². The summed E-state index contributed by atoms with van der Waals surface area (Å²) in [6.45, 7) is 1.89. The zero-order valence-electron chi connectivity index (χ0n) is 6.82. The molecular weight excluding hydrogens is 151 g/mol. The molecule has 0 saturated heterocycles. The number of carboxylic acid groups (broad SMARTS) is 1. The first kappa shape index (κ1) is 13.3. The summed E-state index contributed by atoms with van der Waals surface area (Å²) in [6, 6.07) is 0. The molecule has 0 fully saturated rings. The molecule has 0 bridgehead atoms. The second-order valence-corrected chi connectivity index (χ2v) is 1.61. The van der Waals surface area contributed by atoms with Crippen molar-refractivity contribution < 1.29 is 9.90 Å². The molecule has 0 aliphatic carbocycles. The van der Waals surface area contributed by atoms with Gasteiger partial charge in [-0.1, -0.05) is 30.4 Å². The summed E-state index contributed by atoms with van der Waals surface area (Å²) in [4.78, 5) is 9.89. The van der Waals surface area contributed by atoms with Crippen LogP contribution in [-0.4, -0.2) is 40.6 Å². The maximum atomic E-state index is 9.89. The van der Waals surface area contributed by atoms with Gasteiger partial charge in [-0.15, -0.1) is 0 Å². The van der Waals surface area contributed by atoms with Crippen molar-refractivity contribution in [1.29, 1.82) is 0 Å². The van der Waals surface area contributed by atoms with Crippen LogP contribution in [0.25, 0.3) is 0 Å². The second-order valence-electron chi connectivity index (χ2n) is 1.61. The summed E-state index contributed by atoms with van der Waals surface area (Å²) in [5, 5.41) is 8.13. The van der Waals surface area contributed by atoms with Crippen molar-refractivity contribution >= 4 is 35.5 Å². The van der Waals surface area contributed by atoms with Crippen molar-refractivity contribution in [3.8, 4) is 0 Å². The van der Waals surface area contributed by atoms with E-state index in [2.05, 4.69) is 0 Å². The van der Waals surface area contributed by atoms with Crippen LogP contribution in [0.15, 0.2) is 36.5 Å². The van der Waals surface area contributed by atoms with Crippen LogP contribution in [0.2, 0.25) is 0 Å². The Kier molecular flexibility index (Phi) is 11.7. The normalized spacial score (nSPS) is 11.0. The summed E-state index contributed by atoms with van der Waals surface area (Å²) >= 11 is 0. The smallest absolute Gasteiger partial charge is 0.328 e. The minimum Gasteiger partial charge on any atom is -0.478 e. The fourth-order valence-corrected chi connectivity index (χ4v) is 0.377. The predicted molar refractivity (Wildman–Crippen MR) is 46.5 cm³/mol. The van der Waals surface area contributed by atoms with Crippen molar-refractivity contribution in [3.05, 3.63) is 36.5 Å². The van der Waals surface area contributed by atoms with Gasteiger partial charge in [0.05, 0.1) is 0 Å². The van der Waals surface area contributed by atoms with E-state index in [1.54, 1.807) is 12.2 Å². The first-order valence-electron chi connectivity index (χ1n) is 2.96. The molecule has 11 heavy (non-hydrogen) atoms. The van der Waals surface area contributed by atoms with Crippen LogP contribution in [-0.2, 0) is 4.79 Å². The molecule has 0 aliphatic rings. The first-order valence-corrected chi connectivity index (χ1v) is 2.96. The molecule has 0 aromatic heterocycles. The van der Waals surface area contributed by atoms with Gasteiger partial charge in [-0.3, -0.25) is 0 Å². The number of rotatable bonds is 3. The average molecular weight is 161 g/mol. The van der Waals surface area contributed by atoms with E-state index >= 15 is 0 Å². The average Bonchev–Trinajstić information content (AvgIpc) is 1.87. The van der Waals surface area contributed by atoms with Gasteiger partial charge in [0.15, 0.2) is 0 Å². The van der Waals surface area contributed by atoms with E-state index in [4.69, 9.17) is 5.11 Å². The third kappa shape index (κ3) is 12.8.